The molecule has 0 amide bonds. The van der Waals surface area contributed by atoms with Gasteiger partial charge < -0.3 is 4.74 Å². The Bertz CT molecular complexity index is 692. The van der Waals surface area contributed by atoms with E-state index in [4.69, 9.17) is 4.74 Å². The zero-order valence-corrected chi connectivity index (χ0v) is 12.2. The van der Waals surface area contributed by atoms with Crippen LogP contribution in [0, 0.1) is 0 Å². The van der Waals surface area contributed by atoms with Gasteiger partial charge in [-0.2, -0.15) is 0 Å². The number of fused-ring (bicyclic) bond motifs is 1. The molecule has 0 saturated carbocycles. The van der Waals surface area contributed by atoms with Gasteiger partial charge in [0.05, 0.1) is 13.3 Å². The van der Waals surface area contributed by atoms with Crippen LogP contribution in [0.3, 0.4) is 0 Å². The van der Waals surface area contributed by atoms with Crippen molar-refractivity contribution in [2.24, 2.45) is 0 Å². The molecule has 20 heavy (non-hydrogen) atoms. The Kier molecular flexibility index (Phi) is 2.94. The molecule has 1 aromatic carbocycles. The minimum absolute atomic E-state index is 0.270. The van der Waals surface area contributed by atoms with E-state index in [-0.39, 0.29) is 11.6 Å². The van der Waals surface area contributed by atoms with Crippen molar-refractivity contribution in [1.82, 2.24) is 4.98 Å². The SMILES string of the molecule is COc1cncc(C2(Br)C(=O)c3ccccc3C2=O)c1. The average molecular weight is 332 g/mol. The Labute approximate surface area is 123 Å². The van der Waals surface area contributed by atoms with E-state index in [0.29, 0.717) is 22.4 Å². The third kappa shape index (κ3) is 1.63. The first-order valence-corrected chi connectivity index (χ1v) is 6.75. The molecule has 0 unspecified atom stereocenters. The van der Waals surface area contributed by atoms with Crippen LogP contribution in [0.4, 0.5) is 0 Å². The van der Waals surface area contributed by atoms with E-state index in [1.807, 2.05) is 0 Å². The standard InChI is InChI=1S/C15H10BrNO3/c1-20-10-6-9(7-17-8-10)15(16)13(18)11-4-2-3-5-12(11)14(15)19/h2-8H,1H3. The van der Waals surface area contributed by atoms with E-state index in [0.717, 1.165) is 0 Å². The number of pyridine rings is 1. The van der Waals surface area contributed by atoms with Crippen molar-refractivity contribution in [3.05, 3.63) is 59.4 Å². The second-order valence-corrected chi connectivity index (χ2v) is 5.67. The maximum atomic E-state index is 12.6. The molecule has 0 spiro atoms. The number of aromatic nitrogens is 1. The molecule has 0 radical (unpaired) electrons. The predicted molar refractivity (Wildman–Crippen MR) is 76.5 cm³/mol. The van der Waals surface area contributed by atoms with E-state index in [2.05, 4.69) is 20.9 Å². The number of nitrogens with zero attached hydrogens (tertiary/aromatic N) is 1. The van der Waals surface area contributed by atoms with Crippen LogP contribution in [0.25, 0.3) is 0 Å². The first kappa shape index (κ1) is 13.0. The summed E-state index contributed by atoms with van der Waals surface area (Å²) in [5.41, 5.74) is 1.33. The number of hydrogen-bond donors (Lipinski definition) is 0. The van der Waals surface area contributed by atoms with Crippen LogP contribution in [-0.2, 0) is 4.32 Å². The fourth-order valence-electron chi connectivity index (χ4n) is 2.33. The molecule has 5 heteroatoms. The van der Waals surface area contributed by atoms with Crippen molar-refractivity contribution < 1.29 is 14.3 Å². The molecule has 0 fully saturated rings. The molecule has 3 rings (SSSR count). The summed E-state index contributed by atoms with van der Waals surface area (Å²) in [7, 11) is 1.51. The van der Waals surface area contributed by atoms with Crippen molar-refractivity contribution in [3.8, 4) is 5.75 Å². The molecule has 0 atom stereocenters. The summed E-state index contributed by atoms with van der Waals surface area (Å²) in [6, 6.07) is 8.45. The van der Waals surface area contributed by atoms with E-state index in [9.17, 15) is 9.59 Å². The minimum Gasteiger partial charge on any atom is -0.495 e. The molecular formula is C15H10BrNO3. The lowest BCUT2D eigenvalue weighted by Gasteiger charge is -2.18. The van der Waals surface area contributed by atoms with Gasteiger partial charge in [-0.1, -0.05) is 40.2 Å². The molecular weight excluding hydrogens is 322 g/mol. The minimum atomic E-state index is -1.40. The number of ketones is 2. The van der Waals surface area contributed by atoms with Gasteiger partial charge in [0.25, 0.3) is 0 Å². The molecule has 1 heterocycles. The predicted octanol–water partition coefficient (Wildman–Crippen LogP) is 2.76. The molecule has 100 valence electrons. The topological polar surface area (TPSA) is 56.3 Å². The van der Waals surface area contributed by atoms with Gasteiger partial charge in [0, 0.05) is 22.9 Å². The van der Waals surface area contributed by atoms with Gasteiger partial charge in [-0.15, -0.1) is 0 Å². The zero-order chi connectivity index (χ0) is 14.3. The Balaban J connectivity index is 2.19. The zero-order valence-electron chi connectivity index (χ0n) is 10.6. The third-order valence-electron chi connectivity index (χ3n) is 3.39. The molecule has 4 nitrogen and oxygen atoms in total. The molecule has 0 aliphatic heterocycles. The van der Waals surface area contributed by atoms with Gasteiger partial charge in [-0.05, 0) is 6.07 Å². The number of hydrogen-bond acceptors (Lipinski definition) is 4. The van der Waals surface area contributed by atoms with Crippen LogP contribution < -0.4 is 4.74 Å². The summed E-state index contributed by atoms with van der Waals surface area (Å²) in [6.07, 6.45) is 3.02. The summed E-state index contributed by atoms with van der Waals surface area (Å²) < 4.78 is 3.70. The first-order chi connectivity index (χ1) is 9.59. The molecule has 1 aromatic heterocycles. The van der Waals surface area contributed by atoms with E-state index in [1.54, 1.807) is 30.3 Å². The second-order valence-electron chi connectivity index (χ2n) is 4.48. The number of carbonyl (C=O) groups excluding carboxylic acids is 2. The van der Waals surface area contributed by atoms with Crippen LogP contribution in [0.1, 0.15) is 26.3 Å². The van der Waals surface area contributed by atoms with Gasteiger partial charge in [0.2, 0.25) is 0 Å². The Morgan fingerprint density at radius 3 is 2.25 bits per heavy atom. The Morgan fingerprint density at radius 1 is 1.10 bits per heavy atom. The van der Waals surface area contributed by atoms with Gasteiger partial charge in [0.1, 0.15) is 5.75 Å². The van der Waals surface area contributed by atoms with Gasteiger partial charge in [-0.3, -0.25) is 14.6 Å². The summed E-state index contributed by atoms with van der Waals surface area (Å²) in [5, 5.41) is 0. The Hall–Kier alpha value is -2.01. The number of methoxy groups -OCH3 is 1. The second kappa shape index (κ2) is 4.52. The van der Waals surface area contributed by atoms with E-state index >= 15 is 0 Å². The number of alkyl halides is 1. The number of benzene rings is 1. The molecule has 1 aliphatic carbocycles. The van der Waals surface area contributed by atoms with Crippen LogP contribution >= 0.6 is 15.9 Å². The summed E-state index contributed by atoms with van der Waals surface area (Å²) >= 11 is 3.33. The summed E-state index contributed by atoms with van der Waals surface area (Å²) in [6.45, 7) is 0. The van der Waals surface area contributed by atoms with Gasteiger partial charge in [-0.25, -0.2) is 0 Å². The van der Waals surface area contributed by atoms with Crippen molar-refractivity contribution in [2.75, 3.05) is 7.11 Å². The highest BCUT2D eigenvalue weighted by molar-refractivity contribution is 9.10. The maximum absolute atomic E-state index is 12.6. The van der Waals surface area contributed by atoms with Crippen molar-refractivity contribution in [2.45, 2.75) is 4.32 Å². The van der Waals surface area contributed by atoms with Crippen molar-refractivity contribution in [1.29, 1.82) is 0 Å². The van der Waals surface area contributed by atoms with Crippen LogP contribution in [-0.4, -0.2) is 23.7 Å². The lowest BCUT2D eigenvalue weighted by atomic mass is 9.95. The molecule has 2 aromatic rings. The highest BCUT2D eigenvalue weighted by Crippen LogP contribution is 2.44. The average Bonchev–Trinajstić information content (AvgIpc) is 2.71. The number of rotatable bonds is 2. The van der Waals surface area contributed by atoms with Crippen LogP contribution in [0.5, 0.6) is 5.75 Å². The van der Waals surface area contributed by atoms with Gasteiger partial charge in [0.15, 0.2) is 15.9 Å². The highest BCUT2D eigenvalue weighted by Gasteiger charge is 2.52. The first-order valence-electron chi connectivity index (χ1n) is 5.96. The fraction of sp³-hybridized carbons (Fsp3) is 0.133. The lowest BCUT2D eigenvalue weighted by molar-refractivity contribution is 0.0871. The quantitative estimate of drug-likeness (QED) is 0.627. The number of ether oxygens (including phenoxy) is 1. The lowest BCUT2D eigenvalue weighted by Crippen LogP contribution is -2.31. The number of Topliss-reactive ketones (excluding diaryl/α,β-unsaturated/α-hetero) is 2. The van der Waals surface area contributed by atoms with Crippen molar-refractivity contribution >= 4 is 27.5 Å². The molecule has 1 aliphatic rings. The summed E-state index contributed by atoms with van der Waals surface area (Å²) in [4.78, 5) is 29.2. The fourth-order valence-corrected chi connectivity index (χ4v) is 2.98. The largest absolute Gasteiger partial charge is 0.495 e. The molecule has 0 bridgehead atoms. The van der Waals surface area contributed by atoms with Crippen LogP contribution in [0.15, 0.2) is 42.7 Å². The van der Waals surface area contributed by atoms with Crippen molar-refractivity contribution in [3.63, 3.8) is 0 Å². The molecule has 0 N–H and O–H groups in total. The summed E-state index contributed by atoms with van der Waals surface area (Å²) in [5.74, 6) is -0.0424. The monoisotopic (exact) mass is 331 g/mol. The number of carbonyl (C=O) groups is 2. The van der Waals surface area contributed by atoms with E-state index < -0.39 is 4.32 Å². The molecule has 0 saturated heterocycles. The van der Waals surface area contributed by atoms with Crippen LogP contribution in [0.2, 0.25) is 0 Å². The van der Waals surface area contributed by atoms with E-state index in [1.165, 1.54) is 19.5 Å². The third-order valence-corrected chi connectivity index (χ3v) is 4.57. The highest BCUT2D eigenvalue weighted by atomic mass is 79.9. The normalized spacial score (nSPS) is 16.1. The number of halogens is 1. The maximum Gasteiger partial charge on any atom is 0.192 e. The van der Waals surface area contributed by atoms with Gasteiger partial charge >= 0.3 is 0 Å². The Morgan fingerprint density at radius 2 is 1.70 bits per heavy atom. The smallest absolute Gasteiger partial charge is 0.192 e.